The van der Waals surface area contributed by atoms with Gasteiger partial charge >= 0.3 is 5.97 Å². The van der Waals surface area contributed by atoms with E-state index in [1.807, 2.05) is 30.3 Å². The number of aliphatic carboxylic acids is 1. The molecule has 1 aromatic carbocycles. The summed E-state index contributed by atoms with van der Waals surface area (Å²) in [7, 11) is -2.10. The van der Waals surface area contributed by atoms with Crippen LogP contribution in [0.3, 0.4) is 0 Å². The van der Waals surface area contributed by atoms with Crippen LogP contribution in [0.2, 0.25) is 0 Å². The molecule has 1 atom stereocenters. The number of nitrogens with one attached hydrogen (secondary N) is 1. The number of carbonyl (C=O) groups is 1. The zero-order valence-electron chi connectivity index (χ0n) is 12.3. The summed E-state index contributed by atoms with van der Waals surface area (Å²) in [6.07, 6.45) is 0.641. The van der Waals surface area contributed by atoms with Crippen LogP contribution in [-0.2, 0) is 21.4 Å². The van der Waals surface area contributed by atoms with Crippen LogP contribution in [-0.4, -0.2) is 43.4 Å². The van der Waals surface area contributed by atoms with Crippen molar-refractivity contribution in [2.75, 3.05) is 13.6 Å². The number of benzene rings is 1. The van der Waals surface area contributed by atoms with Crippen LogP contribution < -0.4 is 4.72 Å². The molecule has 0 saturated carbocycles. The molecule has 0 bridgehead atoms. The first-order valence-corrected chi connectivity index (χ1v) is 8.28. The molecular weight excluding hydrogens is 292 g/mol. The quantitative estimate of drug-likeness (QED) is 0.718. The van der Waals surface area contributed by atoms with Crippen molar-refractivity contribution in [1.29, 1.82) is 0 Å². The van der Waals surface area contributed by atoms with E-state index in [-0.39, 0.29) is 12.8 Å². The summed E-state index contributed by atoms with van der Waals surface area (Å²) in [6, 6.07) is 8.97. The van der Waals surface area contributed by atoms with E-state index in [9.17, 15) is 13.2 Å². The number of hydrogen-bond acceptors (Lipinski definition) is 3. The molecule has 0 aliphatic rings. The number of rotatable bonds is 9. The molecule has 118 valence electrons. The Bertz CT molecular complexity index is 545. The molecule has 2 N–H and O–H groups in total. The maximum Gasteiger partial charge on any atom is 0.303 e. The third kappa shape index (κ3) is 6.24. The van der Waals surface area contributed by atoms with Crippen LogP contribution in [0.5, 0.6) is 0 Å². The number of hydrogen-bond donors (Lipinski definition) is 2. The van der Waals surface area contributed by atoms with E-state index < -0.39 is 22.2 Å². The molecule has 0 aromatic heterocycles. The van der Waals surface area contributed by atoms with Crippen molar-refractivity contribution in [2.24, 2.45) is 0 Å². The molecule has 0 spiro atoms. The minimum Gasteiger partial charge on any atom is -0.481 e. The summed E-state index contributed by atoms with van der Waals surface area (Å²) < 4.78 is 27.9. The van der Waals surface area contributed by atoms with Crippen molar-refractivity contribution in [1.82, 2.24) is 9.03 Å². The summed E-state index contributed by atoms with van der Waals surface area (Å²) in [5, 5.41) is 8.79. The molecule has 21 heavy (non-hydrogen) atoms. The number of nitrogens with zero attached hydrogens (tertiary/aromatic N) is 1. The highest BCUT2D eigenvalue weighted by Crippen LogP contribution is 2.10. The summed E-state index contributed by atoms with van der Waals surface area (Å²) in [5.74, 6) is -0.934. The second-order valence-electron chi connectivity index (χ2n) is 4.86. The SMILES string of the molecule is CCN(C)S(=O)(=O)NC(CCC(=O)O)Cc1ccccc1. The zero-order valence-corrected chi connectivity index (χ0v) is 13.1. The van der Waals surface area contributed by atoms with Crippen molar-refractivity contribution in [2.45, 2.75) is 32.2 Å². The van der Waals surface area contributed by atoms with E-state index >= 15 is 0 Å². The Balaban J connectivity index is 2.79. The summed E-state index contributed by atoms with van der Waals surface area (Å²) >= 11 is 0. The molecule has 1 aromatic rings. The highest BCUT2D eigenvalue weighted by atomic mass is 32.2. The Morgan fingerprint density at radius 2 is 1.95 bits per heavy atom. The van der Waals surface area contributed by atoms with Gasteiger partial charge in [-0.1, -0.05) is 37.3 Å². The predicted molar refractivity (Wildman–Crippen MR) is 81.2 cm³/mol. The second-order valence-corrected chi connectivity index (χ2v) is 6.67. The molecular formula is C14H22N2O4S. The van der Waals surface area contributed by atoms with Gasteiger partial charge in [0.25, 0.3) is 10.2 Å². The van der Waals surface area contributed by atoms with E-state index in [1.165, 1.54) is 11.4 Å². The van der Waals surface area contributed by atoms with Crippen molar-refractivity contribution in [3.63, 3.8) is 0 Å². The number of carboxylic acid groups (broad SMARTS) is 1. The normalized spacial score (nSPS) is 13.3. The lowest BCUT2D eigenvalue weighted by Crippen LogP contribution is -2.44. The van der Waals surface area contributed by atoms with Crippen LogP contribution in [0.4, 0.5) is 0 Å². The second kappa shape index (κ2) is 8.11. The van der Waals surface area contributed by atoms with Gasteiger partial charge in [-0.2, -0.15) is 17.4 Å². The fraction of sp³-hybridized carbons (Fsp3) is 0.500. The first-order valence-electron chi connectivity index (χ1n) is 6.84. The van der Waals surface area contributed by atoms with Crippen LogP contribution in [0.1, 0.15) is 25.3 Å². The molecule has 0 aliphatic carbocycles. The Hall–Kier alpha value is -1.44. The lowest BCUT2D eigenvalue weighted by molar-refractivity contribution is -0.137. The lowest BCUT2D eigenvalue weighted by atomic mass is 10.0. The fourth-order valence-corrected chi connectivity index (χ4v) is 3.01. The topological polar surface area (TPSA) is 86.7 Å². The molecule has 6 nitrogen and oxygen atoms in total. The molecule has 0 heterocycles. The van der Waals surface area contributed by atoms with Crippen LogP contribution in [0.25, 0.3) is 0 Å². The van der Waals surface area contributed by atoms with E-state index in [4.69, 9.17) is 5.11 Å². The van der Waals surface area contributed by atoms with Crippen LogP contribution in [0.15, 0.2) is 30.3 Å². The molecule has 0 amide bonds. The van der Waals surface area contributed by atoms with E-state index in [0.29, 0.717) is 13.0 Å². The van der Waals surface area contributed by atoms with Crippen molar-refractivity contribution < 1.29 is 18.3 Å². The standard InChI is InChI=1S/C14H22N2O4S/c1-3-16(2)21(19,20)15-13(9-10-14(17)18)11-12-7-5-4-6-8-12/h4-8,13,15H,3,9-11H2,1-2H3,(H,17,18). The summed E-state index contributed by atoms with van der Waals surface area (Å²) in [5.41, 5.74) is 0.967. The lowest BCUT2D eigenvalue weighted by Gasteiger charge is -2.22. The van der Waals surface area contributed by atoms with Gasteiger partial charge < -0.3 is 5.11 Å². The van der Waals surface area contributed by atoms with Gasteiger partial charge in [0.1, 0.15) is 0 Å². The predicted octanol–water partition coefficient (Wildman–Crippen LogP) is 1.25. The molecule has 1 rings (SSSR count). The van der Waals surface area contributed by atoms with Gasteiger partial charge in [-0.05, 0) is 18.4 Å². The largest absolute Gasteiger partial charge is 0.481 e. The zero-order chi connectivity index (χ0) is 15.9. The van der Waals surface area contributed by atoms with E-state index in [1.54, 1.807) is 6.92 Å². The van der Waals surface area contributed by atoms with Gasteiger partial charge in [0.2, 0.25) is 0 Å². The maximum absolute atomic E-state index is 12.1. The van der Waals surface area contributed by atoms with Gasteiger partial charge in [0.05, 0.1) is 0 Å². The highest BCUT2D eigenvalue weighted by molar-refractivity contribution is 7.87. The van der Waals surface area contributed by atoms with E-state index in [0.717, 1.165) is 5.56 Å². The third-order valence-corrected chi connectivity index (χ3v) is 4.91. The maximum atomic E-state index is 12.1. The van der Waals surface area contributed by atoms with Gasteiger partial charge in [0, 0.05) is 26.1 Å². The minimum atomic E-state index is -3.59. The van der Waals surface area contributed by atoms with Crippen LogP contribution >= 0.6 is 0 Å². The van der Waals surface area contributed by atoms with Crippen molar-refractivity contribution in [3.05, 3.63) is 35.9 Å². The van der Waals surface area contributed by atoms with Gasteiger partial charge in [0.15, 0.2) is 0 Å². The average molecular weight is 314 g/mol. The molecule has 0 fully saturated rings. The smallest absolute Gasteiger partial charge is 0.303 e. The minimum absolute atomic E-state index is 0.0736. The number of carboxylic acids is 1. The fourth-order valence-electron chi connectivity index (χ4n) is 1.87. The third-order valence-electron chi connectivity index (χ3n) is 3.20. The van der Waals surface area contributed by atoms with Gasteiger partial charge in [-0.3, -0.25) is 4.79 Å². The Morgan fingerprint density at radius 1 is 1.33 bits per heavy atom. The molecule has 1 unspecified atom stereocenters. The summed E-state index contributed by atoms with van der Waals surface area (Å²) in [6.45, 7) is 2.09. The molecule has 0 radical (unpaired) electrons. The van der Waals surface area contributed by atoms with Crippen LogP contribution in [0, 0.1) is 0 Å². The average Bonchev–Trinajstić information content (AvgIpc) is 2.44. The first kappa shape index (κ1) is 17.6. The van der Waals surface area contributed by atoms with Crippen molar-refractivity contribution >= 4 is 16.2 Å². The van der Waals surface area contributed by atoms with E-state index in [2.05, 4.69) is 4.72 Å². The molecule has 7 heteroatoms. The molecule has 0 aliphatic heterocycles. The Morgan fingerprint density at radius 3 is 2.48 bits per heavy atom. The first-order chi connectivity index (χ1) is 9.85. The van der Waals surface area contributed by atoms with Gasteiger partial charge in [-0.25, -0.2) is 0 Å². The summed E-state index contributed by atoms with van der Waals surface area (Å²) in [4.78, 5) is 10.7. The Labute approximate surface area is 126 Å². The van der Waals surface area contributed by atoms with Crippen molar-refractivity contribution in [3.8, 4) is 0 Å². The van der Waals surface area contributed by atoms with Gasteiger partial charge in [-0.15, -0.1) is 0 Å². The highest BCUT2D eigenvalue weighted by Gasteiger charge is 2.22. The monoisotopic (exact) mass is 314 g/mol. The Kier molecular flexibility index (Phi) is 6.80. The molecule has 0 saturated heterocycles.